The molecule has 0 unspecified atom stereocenters. The van der Waals surface area contributed by atoms with E-state index in [0.29, 0.717) is 22.6 Å². The van der Waals surface area contributed by atoms with Crippen LogP contribution in [-0.2, 0) is 4.79 Å². The topological polar surface area (TPSA) is 26.3 Å². The Labute approximate surface area is 113 Å². The van der Waals surface area contributed by atoms with Crippen molar-refractivity contribution in [1.82, 2.24) is 0 Å². The molecule has 2 aromatic carbocycles. The molecule has 0 bridgehead atoms. The van der Waals surface area contributed by atoms with E-state index in [2.05, 4.69) is 0 Å². The number of allylic oxidation sites excluding steroid dienone is 2. The molecule has 104 valence electrons. The summed E-state index contributed by atoms with van der Waals surface area (Å²) < 4.78 is 44.3. The second-order valence-corrected chi connectivity index (χ2v) is 4.08. The molecule has 0 saturated carbocycles. The summed E-state index contributed by atoms with van der Waals surface area (Å²) in [4.78, 5) is 10.5. The third kappa shape index (κ3) is 2.52. The predicted molar refractivity (Wildman–Crippen MR) is 70.6 cm³/mol. The van der Waals surface area contributed by atoms with Gasteiger partial charge in [0, 0.05) is 5.39 Å². The summed E-state index contributed by atoms with van der Waals surface area (Å²) >= 11 is 0. The van der Waals surface area contributed by atoms with Gasteiger partial charge in [-0.25, -0.2) is 0 Å². The van der Waals surface area contributed by atoms with Crippen LogP contribution in [0.2, 0.25) is 0 Å². The Balaban J connectivity index is 2.78. The molecule has 0 heterocycles. The van der Waals surface area contributed by atoms with Crippen molar-refractivity contribution in [2.45, 2.75) is 6.18 Å². The summed E-state index contributed by atoms with van der Waals surface area (Å²) in [6.07, 6.45) is -3.92. The number of alkyl halides is 3. The van der Waals surface area contributed by atoms with Crippen molar-refractivity contribution < 1.29 is 22.7 Å². The van der Waals surface area contributed by atoms with E-state index in [-0.39, 0.29) is 11.8 Å². The monoisotopic (exact) mass is 280 g/mol. The second-order valence-electron chi connectivity index (χ2n) is 4.08. The maximum atomic E-state index is 13.0. The van der Waals surface area contributed by atoms with Crippen LogP contribution in [0.3, 0.4) is 0 Å². The van der Waals surface area contributed by atoms with Gasteiger partial charge in [-0.3, -0.25) is 4.79 Å². The fourth-order valence-corrected chi connectivity index (χ4v) is 2.09. The molecule has 2 aromatic rings. The van der Waals surface area contributed by atoms with Crippen LogP contribution in [0.4, 0.5) is 13.2 Å². The number of hydrogen-bond acceptors (Lipinski definition) is 2. The lowest BCUT2D eigenvalue weighted by Crippen LogP contribution is -2.11. The van der Waals surface area contributed by atoms with Gasteiger partial charge < -0.3 is 4.74 Å². The van der Waals surface area contributed by atoms with Gasteiger partial charge in [0.2, 0.25) is 0 Å². The lowest BCUT2D eigenvalue weighted by molar-refractivity contribution is -0.104. The molecule has 0 spiro atoms. The van der Waals surface area contributed by atoms with E-state index in [0.717, 1.165) is 0 Å². The number of benzene rings is 2. The minimum absolute atomic E-state index is 0.0407. The summed E-state index contributed by atoms with van der Waals surface area (Å²) in [5, 5.41) is 0.950. The third-order valence-corrected chi connectivity index (χ3v) is 2.93. The summed E-state index contributed by atoms with van der Waals surface area (Å²) in [5.74, 6) is 0.483. The quantitative estimate of drug-likeness (QED) is 0.627. The number of carbonyl (C=O) groups is 1. The SMILES string of the molecule is COc1ccc(/C(=C/C=O)C(F)(F)F)c2ccccc12. The first kappa shape index (κ1) is 14.1. The Morgan fingerprint density at radius 1 is 1.10 bits per heavy atom. The second kappa shape index (κ2) is 5.36. The van der Waals surface area contributed by atoms with Gasteiger partial charge in [0.05, 0.1) is 12.7 Å². The van der Waals surface area contributed by atoms with E-state index >= 15 is 0 Å². The molecule has 0 N–H and O–H groups in total. The fraction of sp³-hybridized carbons (Fsp3) is 0.133. The predicted octanol–water partition coefficient (Wildman–Crippen LogP) is 3.99. The van der Waals surface area contributed by atoms with Crippen LogP contribution in [0.15, 0.2) is 42.5 Å². The number of halogens is 3. The van der Waals surface area contributed by atoms with Crippen molar-refractivity contribution in [2.75, 3.05) is 7.11 Å². The number of hydrogen-bond donors (Lipinski definition) is 0. The smallest absolute Gasteiger partial charge is 0.417 e. The zero-order chi connectivity index (χ0) is 14.8. The molecule has 0 atom stereocenters. The molecule has 0 aromatic heterocycles. The van der Waals surface area contributed by atoms with Crippen LogP contribution in [-0.4, -0.2) is 19.6 Å². The van der Waals surface area contributed by atoms with E-state index < -0.39 is 11.7 Å². The van der Waals surface area contributed by atoms with Gasteiger partial charge in [0.1, 0.15) is 12.0 Å². The van der Waals surface area contributed by atoms with Gasteiger partial charge in [-0.1, -0.05) is 30.3 Å². The number of methoxy groups -OCH3 is 1. The molecule has 2 rings (SSSR count). The zero-order valence-electron chi connectivity index (χ0n) is 10.6. The first-order valence-corrected chi connectivity index (χ1v) is 5.78. The fourth-order valence-electron chi connectivity index (χ4n) is 2.09. The number of carbonyl (C=O) groups excluding carboxylic acids is 1. The van der Waals surface area contributed by atoms with Crippen molar-refractivity contribution in [2.24, 2.45) is 0 Å². The highest BCUT2D eigenvalue weighted by molar-refractivity contribution is 6.00. The standard InChI is InChI=1S/C15H11F3O2/c1-20-14-7-6-11(10-4-2-3-5-12(10)14)13(8-9-19)15(16,17)18/h2-9H,1H3/b13-8-. The van der Waals surface area contributed by atoms with Crippen molar-refractivity contribution in [3.05, 3.63) is 48.0 Å². The normalized spacial score (nSPS) is 12.5. The van der Waals surface area contributed by atoms with E-state index in [4.69, 9.17) is 4.74 Å². The number of ether oxygens (including phenoxy) is 1. The van der Waals surface area contributed by atoms with Crippen molar-refractivity contribution in [1.29, 1.82) is 0 Å². The minimum atomic E-state index is -4.60. The molecule has 0 aliphatic carbocycles. The summed E-state index contributed by atoms with van der Waals surface area (Å²) in [6.45, 7) is 0. The first-order valence-electron chi connectivity index (χ1n) is 5.78. The van der Waals surface area contributed by atoms with Crippen LogP contribution >= 0.6 is 0 Å². The molecule has 20 heavy (non-hydrogen) atoms. The van der Waals surface area contributed by atoms with Gasteiger partial charge in [-0.05, 0) is 23.1 Å². The maximum absolute atomic E-state index is 13.0. The summed E-state index contributed by atoms with van der Waals surface area (Å²) in [6, 6.07) is 9.36. The summed E-state index contributed by atoms with van der Waals surface area (Å²) in [5.41, 5.74) is -1.01. The Morgan fingerprint density at radius 2 is 1.75 bits per heavy atom. The Morgan fingerprint density at radius 3 is 2.30 bits per heavy atom. The highest BCUT2D eigenvalue weighted by atomic mass is 19.4. The average molecular weight is 280 g/mol. The molecule has 0 aliphatic heterocycles. The van der Waals surface area contributed by atoms with Gasteiger partial charge in [-0.2, -0.15) is 13.2 Å². The van der Waals surface area contributed by atoms with Crippen LogP contribution in [0.25, 0.3) is 16.3 Å². The minimum Gasteiger partial charge on any atom is -0.496 e. The Hall–Kier alpha value is -2.30. The highest BCUT2D eigenvalue weighted by Crippen LogP contribution is 2.39. The third-order valence-electron chi connectivity index (χ3n) is 2.93. The zero-order valence-corrected chi connectivity index (χ0v) is 10.6. The van der Waals surface area contributed by atoms with Crippen LogP contribution in [0.5, 0.6) is 5.75 Å². The first-order chi connectivity index (χ1) is 9.49. The van der Waals surface area contributed by atoms with Gasteiger partial charge in [-0.15, -0.1) is 0 Å². The summed E-state index contributed by atoms with van der Waals surface area (Å²) in [7, 11) is 1.45. The molecular formula is C15H11F3O2. The largest absolute Gasteiger partial charge is 0.496 e. The van der Waals surface area contributed by atoms with Crippen LogP contribution in [0.1, 0.15) is 5.56 Å². The number of aldehydes is 1. The van der Waals surface area contributed by atoms with Crippen LogP contribution in [0, 0.1) is 0 Å². The molecule has 0 fully saturated rings. The molecule has 0 aliphatic rings. The Bertz CT molecular complexity index is 672. The van der Waals surface area contributed by atoms with E-state index in [1.807, 2.05) is 0 Å². The lowest BCUT2D eigenvalue weighted by atomic mass is 9.97. The highest BCUT2D eigenvalue weighted by Gasteiger charge is 2.35. The molecule has 2 nitrogen and oxygen atoms in total. The average Bonchev–Trinajstić information content (AvgIpc) is 2.43. The van der Waals surface area contributed by atoms with Crippen molar-refractivity contribution in [3.8, 4) is 5.75 Å². The van der Waals surface area contributed by atoms with E-state index in [1.54, 1.807) is 24.3 Å². The molecule has 0 radical (unpaired) electrons. The number of fused-ring (bicyclic) bond motifs is 1. The number of rotatable bonds is 3. The molecule has 0 amide bonds. The van der Waals surface area contributed by atoms with Gasteiger partial charge >= 0.3 is 6.18 Å². The van der Waals surface area contributed by atoms with Crippen LogP contribution < -0.4 is 4.74 Å². The maximum Gasteiger partial charge on any atom is 0.417 e. The van der Waals surface area contributed by atoms with E-state index in [9.17, 15) is 18.0 Å². The molecule has 5 heteroatoms. The lowest BCUT2D eigenvalue weighted by Gasteiger charge is -2.15. The Kier molecular flexibility index (Phi) is 3.79. The van der Waals surface area contributed by atoms with Gasteiger partial charge in [0.15, 0.2) is 0 Å². The van der Waals surface area contributed by atoms with Crippen molar-refractivity contribution in [3.63, 3.8) is 0 Å². The molecular weight excluding hydrogens is 269 g/mol. The van der Waals surface area contributed by atoms with Gasteiger partial charge in [0.25, 0.3) is 0 Å². The van der Waals surface area contributed by atoms with Crippen molar-refractivity contribution >= 4 is 22.6 Å². The molecule has 0 saturated heterocycles. The van der Waals surface area contributed by atoms with E-state index in [1.165, 1.54) is 19.2 Å².